The molecule has 2 N–H and O–H groups in total. The van der Waals surface area contributed by atoms with E-state index >= 15 is 0 Å². The van der Waals surface area contributed by atoms with Crippen molar-refractivity contribution in [1.29, 1.82) is 0 Å². The molecule has 0 saturated heterocycles. The molecule has 0 bridgehead atoms. The zero-order valence-corrected chi connectivity index (χ0v) is 12.2. The summed E-state index contributed by atoms with van der Waals surface area (Å²) >= 11 is 0. The number of aliphatic hydroxyl groups excluding tert-OH is 1. The third kappa shape index (κ3) is 3.41. The van der Waals surface area contributed by atoms with Gasteiger partial charge >= 0.3 is 5.97 Å². The van der Waals surface area contributed by atoms with Gasteiger partial charge in [0.1, 0.15) is 0 Å². The topological polar surface area (TPSA) is 58.6 Å². The van der Waals surface area contributed by atoms with Crippen molar-refractivity contribution in [1.82, 2.24) is 0 Å². The Kier molecular flexibility index (Phi) is 4.95. The summed E-state index contributed by atoms with van der Waals surface area (Å²) in [7, 11) is 1.87. The van der Waals surface area contributed by atoms with Gasteiger partial charge in [-0.3, -0.25) is 0 Å². The van der Waals surface area contributed by atoms with Crippen molar-refractivity contribution < 1.29 is 14.6 Å². The maximum atomic E-state index is 11.5. The molecule has 0 fully saturated rings. The number of benzene rings is 2. The van der Waals surface area contributed by atoms with Gasteiger partial charge in [-0.1, -0.05) is 42.5 Å². The van der Waals surface area contributed by atoms with Gasteiger partial charge in [-0.2, -0.15) is 0 Å². The quantitative estimate of drug-likeness (QED) is 0.829. The van der Waals surface area contributed by atoms with Crippen LogP contribution < -0.4 is 5.32 Å². The van der Waals surface area contributed by atoms with Crippen LogP contribution in [0.3, 0.4) is 0 Å². The first-order valence-corrected chi connectivity index (χ1v) is 6.89. The predicted molar refractivity (Wildman–Crippen MR) is 83.0 cm³/mol. The van der Waals surface area contributed by atoms with Gasteiger partial charge in [0, 0.05) is 18.3 Å². The van der Waals surface area contributed by atoms with Crippen LogP contribution in [0, 0.1) is 0 Å². The molecule has 21 heavy (non-hydrogen) atoms. The SMILES string of the molecule is CCOC(=O)C(O)c1ccc(-c2ccccc2NC)cc1. The summed E-state index contributed by atoms with van der Waals surface area (Å²) in [5, 5.41) is 13.0. The highest BCUT2D eigenvalue weighted by molar-refractivity contribution is 5.79. The number of aliphatic hydroxyl groups is 1. The zero-order valence-electron chi connectivity index (χ0n) is 12.2. The second-order valence-electron chi connectivity index (χ2n) is 4.57. The Balaban J connectivity index is 2.25. The van der Waals surface area contributed by atoms with Crippen molar-refractivity contribution in [3.63, 3.8) is 0 Å². The molecule has 2 aromatic carbocycles. The average Bonchev–Trinajstić information content (AvgIpc) is 2.54. The van der Waals surface area contributed by atoms with Crippen molar-refractivity contribution in [2.75, 3.05) is 19.0 Å². The number of rotatable bonds is 5. The van der Waals surface area contributed by atoms with E-state index < -0.39 is 12.1 Å². The fourth-order valence-electron chi connectivity index (χ4n) is 2.16. The molecule has 0 spiro atoms. The number of carbonyl (C=O) groups excluding carboxylic acids is 1. The standard InChI is InChI=1S/C17H19NO3/c1-3-21-17(20)16(19)13-10-8-12(9-11-13)14-6-4-5-7-15(14)18-2/h4-11,16,18-19H,3H2,1-2H3. The Labute approximate surface area is 124 Å². The smallest absolute Gasteiger partial charge is 0.339 e. The van der Waals surface area contributed by atoms with Gasteiger partial charge in [0.25, 0.3) is 0 Å². The van der Waals surface area contributed by atoms with Crippen LogP contribution in [0.2, 0.25) is 0 Å². The minimum atomic E-state index is -1.24. The van der Waals surface area contributed by atoms with Crippen LogP contribution in [0.5, 0.6) is 0 Å². The molecule has 1 atom stereocenters. The van der Waals surface area contributed by atoms with Crippen molar-refractivity contribution in [3.05, 3.63) is 54.1 Å². The number of carbonyl (C=O) groups is 1. The maximum absolute atomic E-state index is 11.5. The highest BCUT2D eigenvalue weighted by Crippen LogP contribution is 2.28. The molecular weight excluding hydrogens is 266 g/mol. The lowest BCUT2D eigenvalue weighted by molar-refractivity contribution is -0.153. The fourth-order valence-corrected chi connectivity index (χ4v) is 2.16. The van der Waals surface area contributed by atoms with E-state index in [0.29, 0.717) is 5.56 Å². The highest BCUT2D eigenvalue weighted by Gasteiger charge is 2.18. The molecule has 2 rings (SSSR count). The number of nitrogens with one attached hydrogen (secondary N) is 1. The second-order valence-corrected chi connectivity index (χ2v) is 4.57. The summed E-state index contributed by atoms with van der Waals surface area (Å²) in [5.41, 5.74) is 3.63. The first-order chi connectivity index (χ1) is 10.2. The van der Waals surface area contributed by atoms with Crippen LogP contribution in [0.1, 0.15) is 18.6 Å². The summed E-state index contributed by atoms with van der Waals surface area (Å²) in [6, 6.07) is 15.2. The van der Waals surface area contributed by atoms with E-state index in [1.807, 2.05) is 43.4 Å². The normalized spacial score (nSPS) is 11.8. The number of para-hydroxylation sites is 1. The molecular formula is C17H19NO3. The number of esters is 1. The van der Waals surface area contributed by atoms with Gasteiger partial charge in [-0.15, -0.1) is 0 Å². The van der Waals surface area contributed by atoms with E-state index in [1.54, 1.807) is 19.1 Å². The van der Waals surface area contributed by atoms with E-state index in [-0.39, 0.29) is 6.61 Å². The molecule has 4 heteroatoms. The van der Waals surface area contributed by atoms with E-state index in [4.69, 9.17) is 4.74 Å². The molecule has 1 unspecified atom stereocenters. The third-order valence-electron chi connectivity index (χ3n) is 3.24. The largest absolute Gasteiger partial charge is 0.464 e. The summed E-state index contributed by atoms with van der Waals surface area (Å²) < 4.78 is 4.81. The molecule has 0 heterocycles. The van der Waals surface area contributed by atoms with Crippen molar-refractivity contribution in [2.24, 2.45) is 0 Å². The molecule has 0 aliphatic carbocycles. The van der Waals surface area contributed by atoms with Crippen molar-refractivity contribution in [2.45, 2.75) is 13.0 Å². The van der Waals surface area contributed by atoms with Crippen molar-refractivity contribution >= 4 is 11.7 Å². The molecule has 4 nitrogen and oxygen atoms in total. The lowest BCUT2D eigenvalue weighted by Crippen LogP contribution is -2.15. The number of ether oxygens (including phenoxy) is 1. The molecule has 0 radical (unpaired) electrons. The lowest BCUT2D eigenvalue weighted by atomic mass is 10.0. The van der Waals surface area contributed by atoms with Crippen LogP contribution in [-0.2, 0) is 9.53 Å². The third-order valence-corrected chi connectivity index (χ3v) is 3.24. The average molecular weight is 285 g/mol. The number of hydrogen-bond acceptors (Lipinski definition) is 4. The van der Waals surface area contributed by atoms with Gasteiger partial charge in [0.15, 0.2) is 6.10 Å². The minimum absolute atomic E-state index is 0.253. The maximum Gasteiger partial charge on any atom is 0.339 e. The van der Waals surface area contributed by atoms with E-state index in [1.165, 1.54) is 0 Å². The van der Waals surface area contributed by atoms with Crippen molar-refractivity contribution in [3.8, 4) is 11.1 Å². The molecule has 0 aliphatic rings. The van der Waals surface area contributed by atoms with Gasteiger partial charge in [-0.25, -0.2) is 4.79 Å². The minimum Gasteiger partial charge on any atom is -0.464 e. The first-order valence-electron chi connectivity index (χ1n) is 6.89. The molecule has 0 saturated carbocycles. The Morgan fingerprint density at radius 2 is 1.86 bits per heavy atom. The van der Waals surface area contributed by atoms with Crippen LogP contribution in [0.15, 0.2) is 48.5 Å². The molecule has 0 amide bonds. The van der Waals surface area contributed by atoms with Gasteiger partial charge in [-0.05, 0) is 24.1 Å². The summed E-state index contributed by atoms with van der Waals surface area (Å²) in [5.74, 6) is -0.624. The van der Waals surface area contributed by atoms with E-state index in [9.17, 15) is 9.90 Å². The van der Waals surface area contributed by atoms with E-state index in [0.717, 1.165) is 16.8 Å². The molecule has 110 valence electrons. The van der Waals surface area contributed by atoms with Crippen LogP contribution in [-0.4, -0.2) is 24.7 Å². The van der Waals surface area contributed by atoms with Gasteiger partial charge < -0.3 is 15.2 Å². The summed E-state index contributed by atoms with van der Waals surface area (Å²) in [6.45, 7) is 1.96. The van der Waals surface area contributed by atoms with Gasteiger partial charge in [0.05, 0.1) is 6.61 Å². The summed E-state index contributed by atoms with van der Waals surface area (Å²) in [4.78, 5) is 11.5. The lowest BCUT2D eigenvalue weighted by Gasteiger charge is -2.12. The molecule has 2 aromatic rings. The Hall–Kier alpha value is -2.33. The Morgan fingerprint density at radius 3 is 2.48 bits per heavy atom. The van der Waals surface area contributed by atoms with Gasteiger partial charge in [0.2, 0.25) is 0 Å². The zero-order chi connectivity index (χ0) is 15.2. The first kappa shape index (κ1) is 15.1. The molecule has 0 aromatic heterocycles. The Morgan fingerprint density at radius 1 is 1.19 bits per heavy atom. The Bertz CT molecular complexity index is 608. The molecule has 0 aliphatic heterocycles. The highest BCUT2D eigenvalue weighted by atomic mass is 16.5. The van der Waals surface area contributed by atoms with Crippen LogP contribution >= 0.6 is 0 Å². The van der Waals surface area contributed by atoms with Crippen LogP contribution in [0.4, 0.5) is 5.69 Å². The van der Waals surface area contributed by atoms with E-state index in [2.05, 4.69) is 5.32 Å². The fraction of sp³-hybridized carbons (Fsp3) is 0.235. The predicted octanol–water partition coefficient (Wildman–Crippen LogP) is 2.99. The number of hydrogen-bond donors (Lipinski definition) is 2. The number of anilines is 1. The summed E-state index contributed by atoms with van der Waals surface area (Å²) in [6.07, 6.45) is -1.24. The monoisotopic (exact) mass is 285 g/mol. The van der Waals surface area contributed by atoms with Crippen LogP contribution in [0.25, 0.3) is 11.1 Å². The second kappa shape index (κ2) is 6.90.